The summed E-state index contributed by atoms with van der Waals surface area (Å²) in [6.07, 6.45) is 5.45. The number of aromatic nitrogens is 5. The van der Waals surface area contributed by atoms with Crippen molar-refractivity contribution in [3.8, 4) is 6.07 Å². The fraction of sp³-hybridized carbons (Fsp3) is 0.554. The van der Waals surface area contributed by atoms with Gasteiger partial charge in [0.25, 0.3) is 5.91 Å². The second kappa shape index (κ2) is 19.6. The van der Waals surface area contributed by atoms with Gasteiger partial charge in [-0.2, -0.15) is 18.4 Å². The highest BCUT2D eigenvalue weighted by Crippen LogP contribution is 2.51. The zero-order chi connectivity index (χ0) is 52.6. The van der Waals surface area contributed by atoms with Crippen LogP contribution in [0.4, 0.5) is 24.5 Å². The maximum atomic E-state index is 15.0. The van der Waals surface area contributed by atoms with E-state index in [1.54, 1.807) is 30.1 Å². The van der Waals surface area contributed by atoms with Crippen molar-refractivity contribution in [3.05, 3.63) is 105 Å². The van der Waals surface area contributed by atoms with E-state index >= 15 is 0 Å². The number of imidazole rings is 1. The van der Waals surface area contributed by atoms with Crippen LogP contribution in [0.2, 0.25) is 0 Å². The number of hydrogen-bond acceptors (Lipinski definition) is 11. The van der Waals surface area contributed by atoms with Crippen LogP contribution in [-0.2, 0) is 59.5 Å². The first-order valence-corrected chi connectivity index (χ1v) is 26.7. The maximum absolute atomic E-state index is 15.0. The number of piperidine rings is 2. The average Bonchev–Trinajstić information content (AvgIpc) is 4.03. The Hall–Kier alpha value is -6.36. The van der Waals surface area contributed by atoms with E-state index in [1.165, 1.54) is 15.5 Å². The van der Waals surface area contributed by atoms with Gasteiger partial charge in [0.1, 0.15) is 18.2 Å². The van der Waals surface area contributed by atoms with Gasteiger partial charge in [0, 0.05) is 101 Å². The monoisotopic (exact) mass is 1030 g/mol. The molecule has 3 aromatic carbocycles. The highest BCUT2D eigenvalue weighted by Gasteiger charge is 2.48. The topological polar surface area (TPSA) is 167 Å². The molecule has 75 heavy (non-hydrogen) atoms. The Bertz CT molecular complexity index is 3130. The zero-order valence-corrected chi connectivity index (χ0v) is 43.2. The molecular formula is C56H66F3N11O5. The predicted molar refractivity (Wildman–Crippen MR) is 275 cm³/mol. The highest BCUT2D eigenvalue weighted by atomic mass is 19.4. The number of nitriles is 1. The van der Waals surface area contributed by atoms with Crippen LogP contribution in [0.25, 0.3) is 11.0 Å². The normalized spacial score (nSPS) is 25.9. The fourth-order valence-electron chi connectivity index (χ4n) is 13.4. The van der Waals surface area contributed by atoms with Crippen LogP contribution in [0.15, 0.2) is 65.7 Å². The number of para-hydroxylation sites is 1. The molecule has 5 fully saturated rings. The fourth-order valence-corrected chi connectivity index (χ4v) is 13.4. The van der Waals surface area contributed by atoms with Crippen molar-refractivity contribution in [2.75, 3.05) is 49.1 Å². The number of carbonyl (C=O) groups excluding carboxylic acids is 3. The summed E-state index contributed by atoms with van der Waals surface area (Å²) < 4.78 is 56.6. The lowest BCUT2D eigenvalue weighted by Gasteiger charge is -2.48. The first kappa shape index (κ1) is 50.8. The number of ether oxygens (including phenoxy) is 1. The van der Waals surface area contributed by atoms with Gasteiger partial charge in [-0.3, -0.25) is 38.6 Å². The van der Waals surface area contributed by atoms with Gasteiger partial charge in [0.2, 0.25) is 11.8 Å². The summed E-state index contributed by atoms with van der Waals surface area (Å²) in [5, 5.41) is 20.4. The van der Waals surface area contributed by atoms with Crippen molar-refractivity contribution in [2.24, 2.45) is 25.9 Å². The summed E-state index contributed by atoms with van der Waals surface area (Å²) in [7, 11) is 3.61. The molecule has 1 atom stereocenters. The lowest BCUT2D eigenvalue weighted by molar-refractivity contribution is -0.138. The number of alkyl halides is 3. The quantitative estimate of drug-likeness (QED) is 0.126. The number of imide groups is 1. The van der Waals surface area contributed by atoms with Crippen molar-refractivity contribution >= 4 is 40.1 Å². The van der Waals surface area contributed by atoms with Crippen molar-refractivity contribution in [1.82, 2.24) is 39.0 Å². The first-order valence-electron chi connectivity index (χ1n) is 26.7. The molecule has 6 heterocycles. The van der Waals surface area contributed by atoms with Gasteiger partial charge in [-0.1, -0.05) is 18.2 Å². The minimum atomic E-state index is -4.65. The number of fused-ring (bicyclic) bond motifs is 2. The third-order valence-corrected chi connectivity index (χ3v) is 17.5. The van der Waals surface area contributed by atoms with E-state index in [0.717, 1.165) is 93.8 Å². The molecule has 11 rings (SSSR count). The van der Waals surface area contributed by atoms with Crippen molar-refractivity contribution in [2.45, 2.75) is 133 Å². The molecule has 0 bridgehead atoms. The summed E-state index contributed by atoms with van der Waals surface area (Å²) in [5.41, 5.74) is 2.67. The number of halogens is 3. The first-order chi connectivity index (χ1) is 35.9. The van der Waals surface area contributed by atoms with Crippen LogP contribution in [0, 0.1) is 23.2 Å². The number of carbonyl (C=O) groups is 3. The molecule has 19 heteroatoms. The average molecular weight is 1030 g/mol. The molecular weight excluding hydrogens is 964 g/mol. The van der Waals surface area contributed by atoms with Crippen LogP contribution < -0.4 is 20.8 Å². The van der Waals surface area contributed by atoms with E-state index < -0.39 is 35.0 Å². The van der Waals surface area contributed by atoms with E-state index in [4.69, 9.17) is 4.74 Å². The Morgan fingerprint density at radius 2 is 1.64 bits per heavy atom. The van der Waals surface area contributed by atoms with Crippen LogP contribution in [0.5, 0.6) is 0 Å². The third kappa shape index (κ3) is 9.67. The van der Waals surface area contributed by atoms with Crippen molar-refractivity contribution in [3.63, 3.8) is 0 Å². The SMILES string of the molecule is Cn1cnnc1CC1(c2cccc(N3Cc4c(cc(CN5CCN(CC6CCC(OC7CCN(c8cccc9c8n(C)c(=O)n9C8CCC(=O)NC8=O)CC7)CC6)CC5(C)C)cc4C(F)(F)F)C3=O)c2)CC(C#N)C1. The van der Waals surface area contributed by atoms with Gasteiger partial charge >= 0.3 is 11.9 Å². The Balaban J connectivity index is 0.681. The summed E-state index contributed by atoms with van der Waals surface area (Å²) in [5.74, 6) is -0.0277. The molecule has 0 spiro atoms. The molecule has 2 saturated carbocycles. The molecule has 4 aliphatic heterocycles. The summed E-state index contributed by atoms with van der Waals surface area (Å²) in [6.45, 7) is 9.21. The Labute approximate surface area is 434 Å². The van der Waals surface area contributed by atoms with E-state index in [-0.39, 0.29) is 65.8 Å². The van der Waals surface area contributed by atoms with Gasteiger partial charge in [-0.05, 0) is 131 Å². The Morgan fingerprint density at radius 3 is 2.33 bits per heavy atom. The second-order valence-electron chi connectivity index (χ2n) is 22.9. The summed E-state index contributed by atoms with van der Waals surface area (Å²) in [6, 6.07) is 17.9. The van der Waals surface area contributed by atoms with E-state index in [0.29, 0.717) is 55.0 Å². The van der Waals surface area contributed by atoms with Crippen LogP contribution in [0.1, 0.15) is 123 Å². The van der Waals surface area contributed by atoms with Gasteiger partial charge in [0.05, 0.1) is 47.1 Å². The molecule has 2 aromatic heterocycles. The zero-order valence-electron chi connectivity index (χ0n) is 43.2. The Morgan fingerprint density at radius 1 is 0.893 bits per heavy atom. The molecule has 1 N–H and O–H groups in total. The number of nitrogens with one attached hydrogen (secondary N) is 1. The highest BCUT2D eigenvalue weighted by molar-refractivity contribution is 6.10. The lowest BCUT2D eigenvalue weighted by Crippen LogP contribution is -2.59. The molecule has 5 aromatic rings. The standard InChI is InChI=1S/C56H66F3N11O5/c1-54(2)33-66(30-35-11-13-40(14-12-35)75-41-17-19-67(20-18-41)45-9-6-10-46-50(45)65(4)53(74)70(46)47-15-16-49(71)62-51(47)72)21-22-68(54)31-36-23-42-43(44(24-36)56(57,58)59)32-69(52(42)73)39-8-5-7-38(25-39)55(26-37(27-55)29-60)28-48-63-61-34-64(48)3/h5-10,23-25,34-35,37,40-41,47H,11-22,26-28,30-33H2,1-4H3,(H,62,71,72). The number of anilines is 2. The number of piperazine rings is 1. The van der Waals surface area contributed by atoms with Crippen LogP contribution in [0.3, 0.4) is 0 Å². The lowest BCUT2D eigenvalue weighted by atomic mass is 9.57. The molecule has 0 radical (unpaired) electrons. The number of rotatable bonds is 12. The number of nitrogens with zero attached hydrogens (tertiary/aromatic N) is 10. The second-order valence-corrected chi connectivity index (χ2v) is 22.9. The number of hydrogen-bond donors (Lipinski definition) is 1. The van der Waals surface area contributed by atoms with Gasteiger partial charge in [-0.15, -0.1) is 10.2 Å². The van der Waals surface area contributed by atoms with E-state index in [2.05, 4.69) is 50.1 Å². The molecule has 396 valence electrons. The maximum Gasteiger partial charge on any atom is 0.416 e. The summed E-state index contributed by atoms with van der Waals surface area (Å²) >= 11 is 0. The molecule has 1 unspecified atom stereocenters. The number of aryl methyl sites for hydroxylation is 2. The largest absolute Gasteiger partial charge is 0.416 e. The van der Waals surface area contributed by atoms with Crippen molar-refractivity contribution in [1.29, 1.82) is 5.26 Å². The van der Waals surface area contributed by atoms with E-state index in [1.807, 2.05) is 48.0 Å². The van der Waals surface area contributed by atoms with Crippen LogP contribution >= 0.6 is 0 Å². The van der Waals surface area contributed by atoms with Crippen molar-refractivity contribution < 1.29 is 32.3 Å². The van der Waals surface area contributed by atoms with Gasteiger partial charge < -0.3 is 19.1 Å². The van der Waals surface area contributed by atoms with Gasteiger partial charge in [0.15, 0.2) is 0 Å². The molecule has 2 aliphatic carbocycles. The number of benzene rings is 3. The molecule has 3 amide bonds. The summed E-state index contributed by atoms with van der Waals surface area (Å²) in [4.78, 5) is 60.9. The Kier molecular flexibility index (Phi) is 13.3. The minimum absolute atomic E-state index is 0.000259. The molecule has 16 nitrogen and oxygen atoms in total. The smallest absolute Gasteiger partial charge is 0.375 e. The number of amides is 3. The van der Waals surface area contributed by atoms with E-state index in [9.17, 15) is 37.6 Å². The minimum Gasteiger partial charge on any atom is -0.375 e. The molecule has 3 saturated heterocycles. The van der Waals surface area contributed by atoms with Crippen LogP contribution in [-0.4, -0.2) is 108 Å². The van der Waals surface area contributed by atoms with Gasteiger partial charge in [-0.25, -0.2) is 4.79 Å². The molecule has 6 aliphatic rings. The predicted octanol–water partition coefficient (Wildman–Crippen LogP) is 7.18. The third-order valence-electron chi connectivity index (χ3n) is 17.5.